The largest absolute Gasteiger partial charge is 0.207 e. The standard InChI is InChI=1S/C12H7BrCl2F2S/c1-5-2-6(9(17)4-8(5)16)11(15)10-3-7(14)12(13)18-10/h2-4,11H,1H3. The molecule has 0 amide bonds. The Morgan fingerprint density at radius 1 is 1.22 bits per heavy atom. The molecular formula is C12H7BrCl2F2S. The van der Waals surface area contributed by atoms with Gasteiger partial charge in [0.1, 0.15) is 11.6 Å². The van der Waals surface area contributed by atoms with Crippen molar-refractivity contribution >= 4 is 50.5 Å². The van der Waals surface area contributed by atoms with Crippen molar-refractivity contribution < 1.29 is 8.78 Å². The average molecular weight is 372 g/mol. The summed E-state index contributed by atoms with van der Waals surface area (Å²) >= 11 is 16.7. The molecule has 1 unspecified atom stereocenters. The lowest BCUT2D eigenvalue weighted by Crippen LogP contribution is -1.98. The number of rotatable bonds is 2. The van der Waals surface area contributed by atoms with Gasteiger partial charge in [-0.1, -0.05) is 11.6 Å². The van der Waals surface area contributed by atoms with Gasteiger partial charge in [-0.3, -0.25) is 0 Å². The van der Waals surface area contributed by atoms with Gasteiger partial charge in [-0.2, -0.15) is 0 Å². The Hall–Kier alpha value is -0.160. The van der Waals surface area contributed by atoms with E-state index >= 15 is 0 Å². The van der Waals surface area contributed by atoms with Gasteiger partial charge in [0, 0.05) is 16.5 Å². The fourth-order valence-electron chi connectivity index (χ4n) is 1.52. The Balaban J connectivity index is 2.45. The quantitative estimate of drug-likeness (QED) is 0.561. The summed E-state index contributed by atoms with van der Waals surface area (Å²) in [5.41, 5.74) is 0.611. The number of halogens is 5. The van der Waals surface area contributed by atoms with E-state index in [0.717, 1.165) is 9.85 Å². The second-order valence-electron chi connectivity index (χ2n) is 3.76. The van der Waals surface area contributed by atoms with Gasteiger partial charge in [-0.05, 0) is 40.5 Å². The van der Waals surface area contributed by atoms with Crippen LogP contribution in [0.4, 0.5) is 8.78 Å². The van der Waals surface area contributed by atoms with Crippen LogP contribution in [0.3, 0.4) is 0 Å². The predicted molar refractivity (Wildman–Crippen MR) is 75.8 cm³/mol. The minimum absolute atomic E-state index is 0.251. The van der Waals surface area contributed by atoms with Gasteiger partial charge < -0.3 is 0 Å². The van der Waals surface area contributed by atoms with Crippen molar-refractivity contribution in [3.05, 3.63) is 54.6 Å². The first-order chi connectivity index (χ1) is 8.40. The smallest absolute Gasteiger partial charge is 0.131 e. The van der Waals surface area contributed by atoms with Crippen molar-refractivity contribution in [3.8, 4) is 0 Å². The molecule has 0 saturated heterocycles. The molecule has 18 heavy (non-hydrogen) atoms. The van der Waals surface area contributed by atoms with Crippen LogP contribution in [0.2, 0.25) is 5.02 Å². The van der Waals surface area contributed by atoms with E-state index in [2.05, 4.69) is 15.9 Å². The summed E-state index contributed by atoms with van der Waals surface area (Å²) in [5, 5.41) is -0.155. The molecule has 1 aromatic carbocycles. The van der Waals surface area contributed by atoms with Crippen LogP contribution in [0.1, 0.15) is 21.4 Å². The zero-order valence-corrected chi connectivity index (χ0v) is 13.0. The number of hydrogen-bond donors (Lipinski definition) is 0. The molecule has 1 atom stereocenters. The van der Waals surface area contributed by atoms with E-state index in [1.165, 1.54) is 17.4 Å². The molecule has 1 heterocycles. The number of alkyl halides is 1. The summed E-state index contributed by atoms with van der Waals surface area (Å²) in [4.78, 5) is 0.707. The highest BCUT2D eigenvalue weighted by molar-refractivity contribution is 9.11. The summed E-state index contributed by atoms with van der Waals surface area (Å²) < 4.78 is 27.6. The predicted octanol–water partition coefficient (Wildman–Crippen LogP) is 6.08. The number of aryl methyl sites for hydroxylation is 1. The van der Waals surface area contributed by atoms with Crippen molar-refractivity contribution in [2.75, 3.05) is 0 Å². The van der Waals surface area contributed by atoms with Gasteiger partial charge in [-0.15, -0.1) is 22.9 Å². The average Bonchev–Trinajstić information content (AvgIpc) is 2.63. The van der Waals surface area contributed by atoms with Gasteiger partial charge in [0.25, 0.3) is 0 Å². The van der Waals surface area contributed by atoms with Crippen LogP contribution >= 0.6 is 50.5 Å². The summed E-state index contributed by atoms with van der Waals surface area (Å²) in [6.45, 7) is 1.57. The Bertz CT molecular complexity index is 579. The highest BCUT2D eigenvalue weighted by Crippen LogP contribution is 2.41. The van der Waals surface area contributed by atoms with Crippen molar-refractivity contribution in [1.82, 2.24) is 0 Å². The van der Waals surface area contributed by atoms with Crippen LogP contribution in [0, 0.1) is 18.6 Å². The first kappa shape index (κ1) is 14.3. The van der Waals surface area contributed by atoms with Crippen molar-refractivity contribution in [3.63, 3.8) is 0 Å². The van der Waals surface area contributed by atoms with Gasteiger partial charge >= 0.3 is 0 Å². The molecule has 0 nitrogen and oxygen atoms in total. The van der Waals surface area contributed by atoms with Crippen LogP contribution < -0.4 is 0 Å². The van der Waals surface area contributed by atoms with Crippen molar-refractivity contribution in [2.24, 2.45) is 0 Å². The molecule has 6 heteroatoms. The molecule has 0 saturated carbocycles. The monoisotopic (exact) mass is 370 g/mol. The molecule has 0 radical (unpaired) electrons. The summed E-state index contributed by atoms with van der Waals surface area (Å²) in [7, 11) is 0. The third kappa shape index (κ3) is 2.72. The molecular weight excluding hydrogens is 365 g/mol. The molecule has 0 fully saturated rings. The Labute approximate surface area is 126 Å². The van der Waals surface area contributed by atoms with Crippen molar-refractivity contribution in [1.29, 1.82) is 0 Å². The highest BCUT2D eigenvalue weighted by atomic mass is 79.9. The van der Waals surface area contributed by atoms with E-state index in [-0.39, 0.29) is 5.56 Å². The molecule has 2 aromatic rings. The molecule has 0 aliphatic heterocycles. The van der Waals surface area contributed by atoms with Crippen LogP contribution in [0.25, 0.3) is 0 Å². The SMILES string of the molecule is Cc1cc(C(Cl)c2cc(Cl)c(Br)s2)c(F)cc1F. The van der Waals surface area contributed by atoms with Crippen LogP contribution in [-0.2, 0) is 0 Å². The van der Waals surface area contributed by atoms with Gasteiger partial charge in [0.15, 0.2) is 0 Å². The molecule has 2 rings (SSSR count). The zero-order chi connectivity index (χ0) is 13.4. The van der Waals surface area contributed by atoms with E-state index < -0.39 is 17.0 Å². The lowest BCUT2D eigenvalue weighted by Gasteiger charge is -2.10. The molecule has 0 spiro atoms. The maximum atomic E-state index is 13.7. The molecule has 0 aliphatic rings. The second kappa shape index (κ2) is 5.45. The molecule has 96 valence electrons. The second-order valence-corrected chi connectivity index (χ2v) is 7.00. The number of benzene rings is 1. The van der Waals surface area contributed by atoms with E-state index in [0.29, 0.717) is 15.5 Å². The first-order valence-corrected chi connectivity index (χ1v) is 7.37. The molecule has 0 bridgehead atoms. The van der Waals surface area contributed by atoms with Crippen LogP contribution in [-0.4, -0.2) is 0 Å². The number of thiophene rings is 1. The summed E-state index contributed by atoms with van der Waals surface area (Å²) in [6.07, 6.45) is 0. The maximum absolute atomic E-state index is 13.7. The Kier molecular flexibility index (Phi) is 4.32. The first-order valence-electron chi connectivity index (χ1n) is 4.94. The lowest BCUT2D eigenvalue weighted by molar-refractivity contribution is 0.568. The molecule has 1 aromatic heterocycles. The fraction of sp³-hybridized carbons (Fsp3) is 0.167. The lowest BCUT2D eigenvalue weighted by atomic mass is 10.1. The number of hydrogen-bond acceptors (Lipinski definition) is 1. The topological polar surface area (TPSA) is 0 Å². The molecule has 0 N–H and O–H groups in total. The zero-order valence-electron chi connectivity index (χ0n) is 9.11. The van der Waals surface area contributed by atoms with E-state index in [1.807, 2.05) is 0 Å². The molecule has 0 aliphatic carbocycles. The van der Waals surface area contributed by atoms with Crippen LogP contribution in [0.5, 0.6) is 0 Å². The summed E-state index contributed by atoms with van der Waals surface area (Å²) in [5.74, 6) is -1.23. The van der Waals surface area contributed by atoms with E-state index in [9.17, 15) is 8.78 Å². The Morgan fingerprint density at radius 2 is 1.89 bits per heavy atom. The minimum Gasteiger partial charge on any atom is -0.207 e. The minimum atomic E-state index is -0.682. The third-order valence-corrected chi connectivity index (χ3v) is 5.60. The maximum Gasteiger partial charge on any atom is 0.131 e. The van der Waals surface area contributed by atoms with Gasteiger partial charge in [-0.25, -0.2) is 8.78 Å². The Morgan fingerprint density at radius 3 is 2.44 bits per heavy atom. The van der Waals surface area contributed by atoms with Crippen LogP contribution in [0.15, 0.2) is 22.0 Å². The van der Waals surface area contributed by atoms with Gasteiger partial charge in [0.2, 0.25) is 0 Å². The van der Waals surface area contributed by atoms with Crippen molar-refractivity contribution in [2.45, 2.75) is 12.3 Å². The fourth-order valence-corrected chi connectivity index (χ4v) is 3.62. The van der Waals surface area contributed by atoms with Gasteiger partial charge in [0.05, 0.1) is 14.2 Å². The normalized spacial score (nSPS) is 12.8. The summed E-state index contributed by atoms with van der Waals surface area (Å²) in [6, 6.07) is 3.94. The highest BCUT2D eigenvalue weighted by Gasteiger charge is 2.20. The van der Waals surface area contributed by atoms with E-state index in [1.54, 1.807) is 13.0 Å². The van der Waals surface area contributed by atoms with E-state index in [4.69, 9.17) is 23.2 Å². The third-order valence-electron chi connectivity index (χ3n) is 2.47.